The summed E-state index contributed by atoms with van der Waals surface area (Å²) in [6.45, 7) is 4.77. The number of aromatic nitrogens is 3. The summed E-state index contributed by atoms with van der Waals surface area (Å²) < 4.78 is 52.3. The number of hydrogen-bond acceptors (Lipinski definition) is 8. The zero-order valence-electron chi connectivity index (χ0n) is 23.7. The van der Waals surface area contributed by atoms with Crippen LogP contribution in [0.4, 0.5) is 19.0 Å². The highest BCUT2D eigenvalue weighted by Crippen LogP contribution is 2.42. The smallest absolute Gasteiger partial charge is 0.319 e. The molecule has 8 rings (SSSR count). The molecular formula is C32H33F3N6O2. The summed E-state index contributed by atoms with van der Waals surface area (Å²) in [5.41, 5.74) is -0.382. The van der Waals surface area contributed by atoms with Gasteiger partial charge in [-0.15, -0.1) is 0 Å². The zero-order chi connectivity index (χ0) is 29.3. The van der Waals surface area contributed by atoms with Crippen molar-refractivity contribution in [1.82, 2.24) is 25.2 Å². The van der Waals surface area contributed by atoms with Crippen molar-refractivity contribution in [3.05, 3.63) is 48.2 Å². The van der Waals surface area contributed by atoms with Crippen molar-refractivity contribution >= 4 is 27.5 Å². The maximum atomic E-state index is 16.6. The normalized spacial score (nSPS) is 27.2. The second-order valence-corrected chi connectivity index (χ2v) is 12.7. The Morgan fingerprint density at radius 2 is 1.93 bits per heavy atom. The van der Waals surface area contributed by atoms with Gasteiger partial charge >= 0.3 is 6.01 Å². The molecule has 4 atom stereocenters. The topological polar surface area (TPSA) is 86.6 Å². The molecule has 2 aromatic heterocycles. The first-order chi connectivity index (χ1) is 20.9. The number of ether oxygens (including phenoxy) is 1. The van der Waals surface area contributed by atoms with Crippen LogP contribution in [0.25, 0.3) is 32.9 Å². The Morgan fingerprint density at radius 3 is 2.77 bits per heavy atom. The molecule has 4 aliphatic rings. The number of alkyl halides is 1. The number of phenolic OH excluding ortho intramolecular Hbond substituents is 1. The van der Waals surface area contributed by atoms with Gasteiger partial charge in [0.25, 0.3) is 0 Å². The van der Waals surface area contributed by atoms with E-state index in [1.54, 1.807) is 6.07 Å². The molecule has 0 spiro atoms. The fourth-order valence-electron chi connectivity index (χ4n) is 7.99. The summed E-state index contributed by atoms with van der Waals surface area (Å²) in [5, 5.41) is 14.9. The zero-order valence-corrected chi connectivity index (χ0v) is 23.7. The van der Waals surface area contributed by atoms with Crippen LogP contribution in [0, 0.1) is 23.5 Å². The molecule has 2 unspecified atom stereocenters. The molecule has 0 radical (unpaired) electrons. The largest absolute Gasteiger partial charge is 0.508 e. The Bertz CT molecular complexity index is 1730. The van der Waals surface area contributed by atoms with Gasteiger partial charge < -0.3 is 20.1 Å². The molecule has 2 N–H and O–H groups in total. The lowest BCUT2D eigenvalue weighted by Crippen LogP contribution is -2.51. The average Bonchev–Trinajstić information content (AvgIpc) is 3.51. The molecule has 8 nitrogen and oxygen atoms in total. The van der Waals surface area contributed by atoms with E-state index in [9.17, 15) is 9.50 Å². The highest BCUT2D eigenvalue weighted by molar-refractivity contribution is 6.00. The van der Waals surface area contributed by atoms with E-state index in [-0.39, 0.29) is 40.5 Å². The Balaban J connectivity index is 1.25. The summed E-state index contributed by atoms with van der Waals surface area (Å²) in [6, 6.07) is 7.29. The predicted octanol–water partition coefficient (Wildman–Crippen LogP) is 4.83. The maximum Gasteiger partial charge on any atom is 0.319 e. The molecule has 0 saturated carbocycles. The number of rotatable bonds is 5. The fraction of sp³-hybridized carbons (Fsp3) is 0.469. The standard InChI is InChI=1S/C32H33F3N6O2/c33-21-10-32(5-2-6-41(32)16-21)17-43-31-38-29-24(30(39-31)40-14-18-7-19(15-40)12-36-11-18)13-37-28(27(29)35)23-9-22(42)8-20-3-1-4-25(34)26(20)23/h1,3-4,8-9,13,18-19,21,36,42H,2,5-7,10-12,14-17H2/t18?,19?,21-,32+/m1/s1. The first-order valence-electron chi connectivity index (χ1n) is 15.1. The third kappa shape index (κ3) is 4.55. The second-order valence-electron chi connectivity index (χ2n) is 12.7. The van der Waals surface area contributed by atoms with E-state index in [0.29, 0.717) is 41.4 Å². The van der Waals surface area contributed by atoms with Gasteiger partial charge in [-0.05, 0) is 74.3 Å². The minimum atomic E-state index is -0.901. The minimum absolute atomic E-state index is 0.0160. The number of fused-ring (bicyclic) bond motifs is 5. The number of anilines is 1. The Kier molecular flexibility index (Phi) is 6.38. The lowest BCUT2D eigenvalue weighted by atomic mass is 9.86. The van der Waals surface area contributed by atoms with Crippen LogP contribution in [0.2, 0.25) is 0 Å². The average molecular weight is 591 g/mol. The number of phenols is 1. The van der Waals surface area contributed by atoms with Crippen LogP contribution < -0.4 is 15.0 Å². The van der Waals surface area contributed by atoms with Gasteiger partial charge in [0.05, 0.1) is 10.9 Å². The molecule has 4 fully saturated rings. The number of aromatic hydroxyl groups is 1. The van der Waals surface area contributed by atoms with Crippen molar-refractivity contribution < 1.29 is 23.0 Å². The van der Waals surface area contributed by atoms with Gasteiger partial charge in [-0.3, -0.25) is 9.88 Å². The fourth-order valence-corrected chi connectivity index (χ4v) is 7.99. The quantitative estimate of drug-likeness (QED) is 0.342. The van der Waals surface area contributed by atoms with Crippen LogP contribution in [-0.2, 0) is 0 Å². The van der Waals surface area contributed by atoms with E-state index < -0.39 is 23.3 Å². The SMILES string of the molecule is Oc1cc(-c2ncc3c(N4CC5CNCC(C5)C4)nc(OC[C@@]45CCCN4C[C@H](F)C5)nc3c2F)c2c(F)cccc2c1. The first-order valence-corrected chi connectivity index (χ1v) is 15.1. The van der Waals surface area contributed by atoms with Crippen LogP contribution in [-0.4, -0.2) is 82.5 Å². The molecular weight excluding hydrogens is 557 g/mol. The van der Waals surface area contributed by atoms with Gasteiger partial charge in [0.1, 0.15) is 41.4 Å². The number of piperidine rings is 2. The summed E-state index contributed by atoms with van der Waals surface area (Å²) >= 11 is 0. The van der Waals surface area contributed by atoms with Gasteiger partial charge in [0.2, 0.25) is 0 Å². The minimum Gasteiger partial charge on any atom is -0.508 e. The van der Waals surface area contributed by atoms with E-state index in [4.69, 9.17) is 9.72 Å². The molecule has 4 aromatic rings. The van der Waals surface area contributed by atoms with Crippen LogP contribution >= 0.6 is 0 Å². The molecule has 224 valence electrons. The summed E-state index contributed by atoms with van der Waals surface area (Å²) in [7, 11) is 0. The molecule has 2 bridgehead atoms. The molecule has 43 heavy (non-hydrogen) atoms. The maximum absolute atomic E-state index is 16.6. The molecule has 11 heteroatoms. The van der Waals surface area contributed by atoms with Gasteiger partial charge in [-0.1, -0.05) is 12.1 Å². The Labute approximate surface area is 246 Å². The lowest BCUT2D eigenvalue weighted by molar-refractivity contribution is 0.107. The Hall–Kier alpha value is -3.70. The summed E-state index contributed by atoms with van der Waals surface area (Å²) in [4.78, 5) is 18.2. The number of benzene rings is 2. The van der Waals surface area contributed by atoms with Crippen LogP contribution in [0.3, 0.4) is 0 Å². The number of halogens is 3. The van der Waals surface area contributed by atoms with Gasteiger partial charge in [0.15, 0.2) is 5.82 Å². The van der Waals surface area contributed by atoms with Gasteiger partial charge in [-0.2, -0.15) is 9.97 Å². The summed E-state index contributed by atoms with van der Waals surface area (Å²) in [5.74, 6) is 0.0107. The molecule has 2 aromatic carbocycles. The van der Waals surface area contributed by atoms with Crippen molar-refractivity contribution in [2.24, 2.45) is 11.8 Å². The lowest BCUT2D eigenvalue weighted by Gasteiger charge is -2.42. The van der Waals surface area contributed by atoms with Crippen LogP contribution in [0.5, 0.6) is 11.8 Å². The van der Waals surface area contributed by atoms with E-state index >= 15 is 8.78 Å². The number of nitrogens with one attached hydrogen (secondary N) is 1. The number of hydrogen-bond donors (Lipinski definition) is 2. The number of nitrogens with zero attached hydrogens (tertiary/aromatic N) is 5. The highest BCUT2D eigenvalue weighted by Gasteiger charge is 2.49. The van der Waals surface area contributed by atoms with Crippen molar-refractivity contribution in [1.29, 1.82) is 0 Å². The molecule has 4 aliphatic heterocycles. The first kappa shape index (κ1) is 26.9. The van der Waals surface area contributed by atoms with Crippen LogP contribution in [0.1, 0.15) is 25.7 Å². The highest BCUT2D eigenvalue weighted by atomic mass is 19.1. The van der Waals surface area contributed by atoms with Crippen molar-refractivity contribution in [2.45, 2.75) is 37.4 Å². The monoisotopic (exact) mass is 590 g/mol. The molecule has 0 aliphatic carbocycles. The molecule has 0 amide bonds. The van der Waals surface area contributed by atoms with E-state index in [1.165, 1.54) is 30.5 Å². The van der Waals surface area contributed by atoms with E-state index in [1.807, 2.05) is 0 Å². The Morgan fingerprint density at radius 1 is 1.09 bits per heavy atom. The third-order valence-electron chi connectivity index (χ3n) is 9.83. The third-order valence-corrected chi connectivity index (χ3v) is 9.83. The number of pyridine rings is 1. The van der Waals surface area contributed by atoms with Crippen molar-refractivity contribution in [2.75, 3.05) is 50.8 Å². The summed E-state index contributed by atoms with van der Waals surface area (Å²) in [6.07, 6.45) is 3.97. The van der Waals surface area contributed by atoms with Gasteiger partial charge in [-0.25, -0.2) is 13.2 Å². The van der Waals surface area contributed by atoms with E-state index in [2.05, 4.69) is 25.1 Å². The molecule has 4 saturated heterocycles. The second kappa shape index (κ2) is 10.2. The molecule has 6 heterocycles. The van der Waals surface area contributed by atoms with Gasteiger partial charge in [0, 0.05) is 43.2 Å². The van der Waals surface area contributed by atoms with Crippen LogP contribution in [0.15, 0.2) is 36.5 Å². The van der Waals surface area contributed by atoms with Crippen molar-refractivity contribution in [3.8, 4) is 23.0 Å². The van der Waals surface area contributed by atoms with Crippen molar-refractivity contribution in [3.63, 3.8) is 0 Å². The van der Waals surface area contributed by atoms with E-state index in [0.717, 1.165) is 52.0 Å². The predicted molar refractivity (Wildman–Crippen MR) is 157 cm³/mol.